The first-order valence-corrected chi connectivity index (χ1v) is 10.9. The molecule has 0 spiro atoms. The lowest BCUT2D eigenvalue weighted by molar-refractivity contribution is -0.119. The van der Waals surface area contributed by atoms with Crippen molar-refractivity contribution in [2.75, 3.05) is 31.6 Å². The number of hydrogen-bond donors (Lipinski definition) is 2. The molecule has 3 aromatic rings. The van der Waals surface area contributed by atoms with Crippen molar-refractivity contribution in [2.24, 2.45) is 0 Å². The molecule has 30 heavy (non-hydrogen) atoms. The van der Waals surface area contributed by atoms with Gasteiger partial charge in [-0.1, -0.05) is 6.07 Å². The van der Waals surface area contributed by atoms with Crippen molar-refractivity contribution in [2.45, 2.75) is 34.1 Å². The van der Waals surface area contributed by atoms with E-state index in [1.165, 1.54) is 11.2 Å². The summed E-state index contributed by atoms with van der Waals surface area (Å²) in [7, 11) is 0. The lowest BCUT2D eigenvalue weighted by atomic mass is 10.1. The maximum atomic E-state index is 12.3. The van der Waals surface area contributed by atoms with E-state index in [0.717, 1.165) is 32.8 Å². The predicted molar refractivity (Wildman–Crippen MR) is 121 cm³/mol. The van der Waals surface area contributed by atoms with E-state index in [4.69, 9.17) is 9.47 Å². The summed E-state index contributed by atoms with van der Waals surface area (Å²) in [5, 5.41) is 7.08. The summed E-state index contributed by atoms with van der Waals surface area (Å²) in [6.45, 7) is 9.87. The maximum absolute atomic E-state index is 12.3. The highest BCUT2D eigenvalue weighted by Crippen LogP contribution is 2.32. The highest BCUT2D eigenvalue weighted by atomic mass is 32.1. The third-order valence-electron chi connectivity index (χ3n) is 4.73. The van der Waals surface area contributed by atoms with Crippen LogP contribution in [0.15, 0.2) is 24.5 Å². The minimum absolute atomic E-state index is 0.0812. The summed E-state index contributed by atoms with van der Waals surface area (Å²) in [5.41, 5.74) is 2.23. The van der Waals surface area contributed by atoms with Crippen LogP contribution in [-0.4, -0.2) is 42.2 Å². The number of benzene rings is 1. The van der Waals surface area contributed by atoms with E-state index in [1.807, 2.05) is 32.0 Å². The molecular weight excluding hydrogens is 400 g/mol. The Labute approximate surface area is 180 Å². The lowest BCUT2D eigenvalue weighted by Gasteiger charge is -2.13. The molecule has 0 radical (unpaired) electrons. The van der Waals surface area contributed by atoms with E-state index in [-0.39, 0.29) is 12.5 Å². The molecule has 0 saturated heterocycles. The van der Waals surface area contributed by atoms with Crippen molar-refractivity contribution >= 4 is 33.3 Å². The molecule has 7 nitrogen and oxygen atoms in total. The molecule has 3 rings (SSSR count). The zero-order valence-corrected chi connectivity index (χ0v) is 18.7. The summed E-state index contributed by atoms with van der Waals surface area (Å²) >= 11 is 1.64. The third kappa shape index (κ3) is 5.18. The highest BCUT2D eigenvalue weighted by molar-refractivity contribution is 7.18. The van der Waals surface area contributed by atoms with Crippen LogP contribution in [0.25, 0.3) is 10.2 Å². The minimum atomic E-state index is -0.0812. The Hall–Kier alpha value is -2.87. The number of aryl methyl sites for hydroxylation is 2. The fraction of sp³-hybridized carbons (Fsp3) is 0.409. The Bertz CT molecular complexity index is 1020. The van der Waals surface area contributed by atoms with Crippen LogP contribution >= 0.6 is 11.3 Å². The standard InChI is InChI=1S/C22H28N4O3S/c1-5-28-17-8-7-16(11-18(17)29-6-2)9-10-23-19(27)12-24-21-20-14(3)15(4)30-22(20)26-13-25-21/h7-8,11,13H,5-6,9-10,12H2,1-4H3,(H,23,27)(H,24,25,26). The smallest absolute Gasteiger partial charge is 0.239 e. The summed E-state index contributed by atoms with van der Waals surface area (Å²) in [6.07, 6.45) is 2.23. The van der Waals surface area contributed by atoms with Gasteiger partial charge in [0, 0.05) is 11.4 Å². The Morgan fingerprint density at radius 1 is 1.10 bits per heavy atom. The van der Waals surface area contributed by atoms with Gasteiger partial charge < -0.3 is 20.1 Å². The number of nitrogens with zero attached hydrogens (tertiary/aromatic N) is 2. The minimum Gasteiger partial charge on any atom is -0.490 e. The number of carbonyl (C=O) groups is 1. The van der Waals surface area contributed by atoms with Crippen LogP contribution in [0.2, 0.25) is 0 Å². The van der Waals surface area contributed by atoms with Crippen molar-refractivity contribution in [3.8, 4) is 11.5 Å². The molecule has 1 aromatic carbocycles. The molecule has 0 bridgehead atoms. The molecule has 0 fully saturated rings. The van der Waals surface area contributed by atoms with Crippen LogP contribution in [0, 0.1) is 13.8 Å². The predicted octanol–water partition coefficient (Wildman–Crippen LogP) is 3.88. The van der Waals surface area contributed by atoms with Crippen LogP contribution in [0.3, 0.4) is 0 Å². The van der Waals surface area contributed by atoms with E-state index in [9.17, 15) is 4.79 Å². The second-order valence-electron chi connectivity index (χ2n) is 6.79. The number of hydrogen-bond acceptors (Lipinski definition) is 7. The average Bonchev–Trinajstić information content (AvgIpc) is 3.03. The Balaban J connectivity index is 1.53. The van der Waals surface area contributed by atoms with Gasteiger partial charge in [-0.3, -0.25) is 4.79 Å². The summed E-state index contributed by atoms with van der Waals surface area (Å²) in [6, 6.07) is 5.88. The van der Waals surface area contributed by atoms with Crippen molar-refractivity contribution < 1.29 is 14.3 Å². The van der Waals surface area contributed by atoms with Crippen molar-refractivity contribution in [3.05, 3.63) is 40.5 Å². The molecule has 0 saturated carbocycles. The molecule has 0 aliphatic rings. The average molecular weight is 429 g/mol. The molecular formula is C22H28N4O3S. The Morgan fingerprint density at radius 2 is 1.87 bits per heavy atom. The largest absolute Gasteiger partial charge is 0.490 e. The molecule has 0 aliphatic carbocycles. The fourth-order valence-corrected chi connectivity index (χ4v) is 4.14. The Kier molecular flexibility index (Phi) is 7.46. The number of thiophene rings is 1. The number of amides is 1. The number of carbonyl (C=O) groups excluding carboxylic acids is 1. The van der Waals surface area contributed by atoms with Gasteiger partial charge in [-0.2, -0.15) is 0 Å². The third-order valence-corrected chi connectivity index (χ3v) is 5.84. The quantitative estimate of drug-likeness (QED) is 0.510. The number of anilines is 1. The van der Waals surface area contributed by atoms with Gasteiger partial charge in [-0.15, -0.1) is 11.3 Å². The Morgan fingerprint density at radius 3 is 2.63 bits per heavy atom. The van der Waals surface area contributed by atoms with Gasteiger partial charge in [-0.05, 0) is 57.4 Å². The van der Waals surface area contributed by atoms with E-state index in [0.29, 0.717) is 32.0 Å². The number of ether oxygens (including phenoxy) is 2. The second kappa shape index (κ2) is 10.2. The molecule has 8 heteroatoms. The SMILES string of the molecule is CCOc1ccc(CCNC(=O)CNc2ncnc3sc(C)c(C)c23)cc1OCC. The molecule has 0 atom stereocenters. The maximum Gasteiger partial charge on any atom is 0.239 e. The zero-order valence-electron chi connectivity index (χ0n) is 17.9. The topological polar surface area (TPSA) is 85.4 Å². The van der Waals surface area contributed by atoms with E-state index in [2.05, 4.69) is 34.4 Å². The summed E-state index contributed by atoms with van der Waals surface area (Å²) in [5.74, 6) is 2.10. The molecule has 0 aliphatic heterocycles. The number of aromatic nitrogens is 2. The van der Waals surface area contributed by atoms with Crippen LogP contribution < -0.4 is 20.1 Å². The van der Waals surface area contributed by atoms with Gasteiger partial charge in [0.2, 0.25) is 5.91 Å². The van der Waals surface area contributed by atoms with Crippen molar-refractivity contribution in [1.82, 2.24) is 15.3 Å². The fourth-order valence-electron chi connectivity index (χ4n) is 3.14. The summed E-state index contributed by atoms with van der Waals surface area (Å²) in [4.78, 5) is 23.1. The van der Waals surface area contributed by atoms with Crippen LogP contribution in [0.5, 0.6) is 11.5 Å². The van der Waals surface area contributed by atoms with E-state index >= 15 is 0 Å². The normalized spacial score (nSPS) is 10.8. The molecule has 1 amide bonds. The number of fused-ring (bicyclic) bond motifs is 1. The number of rotatable bonds is 10. The summed E-state index contributed by atoms with van der Waals surface area (Å²) < 4.78 is 11.2. The second-order valence-corrected chi connectivity index (χ2v) is 7.99. The first-order valence-electron chi connectivity index (χ1n) is 10.1. The van der Waals surface area contributed by atoms with Gasteiger partial charge in [0.1, 0.15) is 17.0 Å². The zero-order chi connectivity index (χ0) is 21.5. The van der Waals surface area contributed by atoms with Crippen LogP contribution in [0.1, 0.15) is 29.9 Å². The van der Waals surface area contributed by atoms with Crippen LogP contribution in [-0.2, 0) is 11.2 Å². The van der Waals surface area contributed by atoms with Crippen LogP contribution in [0.4, 0.5) is 5.82 Å². The first kappa shape index (κ1) is 21.8. The molecule has 160 valence electrons. The highest BCUT2D eigenvalue weighted by Gasteiger charge is 2.13. The molecule has 2 heterocycles. The monoisotopic (exact) mass is 428 g/mol. The molecule has 0 unspecified atom stereocenters. The van der Waals surface area contributed by atoms with E-state index in [1.54, 1.807) is 11.3 Å². The van der Waals surface area contributed by atoms with Gasteiger partial charge in [0.05, 0.1) is 25.1 Å². The first-order chi connectivity index (χ1) is 14.5. The van der Waals surface area contributed by atoms with Gasteiger partial charge in [0.25, 0.3) is 0 Å². The number of nitrogens with one attached hydrogen (secondary N) is 2. The molecule has 2 N–H and O–H groups in total. The van der Waals surface area contributed by atoms with Gasteiger partial charge in [0.15, 0.2) is 11.5 Å². The van der Waals surface area contributed by atoms with Gasteiger partial charge >= 0.3 is 0 Å². The van der Waals surface area contributed by atoms with Crippen molar-refractivity contribution in [3.63, 3.8) is 0 Å². The van der Waals surface area contributed by atoms with E-state index < -0.39 is 0 Å². The molecule has 2 aromatic heterocycles. The van der Waals surface area contributed by atoms with Crippen molar-refractivity contribution in [1.29, 1.82) is 0 Å². The lowest BCUT2D eigenvalue weighted by Crippen LogP contribution is -2.31. The van der Waals surface area contributed by atoms with Gasteiger partial charge in [-0.25, -0.2) is 9.97 Å².